The van der Waals surface area contributed by atoms with E-state index in [-0.39, 0.29) is 0 Å². The quantitative estimate of drug-likeness (QED) is 0.374. The van der Waals surface area contributed by atoms with Crippen molar-refractivity contribution < 1.29 is 4.73 Å². The van der Waals surface area contributed by atoms with Crippen LogP contribution in [-0.2, 0) is 0 Å². The van der Waals surface area contributed by atoms with E-state index in [0.29, 0.717) is 10.4 Å². The number of rotatable bonds is 0. The molecule has 0 aliphatic heterocycles. The zero-order chi connectivity index (χ0) is 5.98. The third-order valence-corrected chi connectivity index (χ3v) is 0.798. The lowest BCUT2D eigenvalue weighted by Crippen LogP contribution is -2.24. The molecule has 0 unspecified atom stereocenters. The van der Waals surface area contributed by atoms with Gasteiger partial charge < -0.3 is 10.9 Å². The van der Waals surface area contributed by atoms with Crippen LogP contribution in [0.25, 0.3) is 0 Å². The molecule has 3 heteroatoms. The lowest BCUT2D eigenvalue weighted by molar-refractivity contribution is -0.604. The number of nitrogen functional groups attached to an aromatic ring is 1. The van der Waals surface area contributed by atoms with Crippen LogP contribution < -0.4 is 10.5 Å². The van der Waals surface area contributed by atoms with Gasteiger partial charge in [0.05, 0.1) is 5.69 Å². The summed E-state index contributed by atoms with van der Waals surface area (Å²) in [5, 5.41) is 10.3. The minimum absolute atomic E-state index is 0.488. The maximum Gasteiger partial charge on any atom is 0.203 e. The Hall–Kier alpha value is -1.25. The van der Waals surface area contributed by atoms with Crippen LogP contribution in [0.5, 0.6) is 0 Å². The van der Waals surface area contributed by atoms with Crippen LogP contribution >= 0.6 is 0 Å². The smallest absolute Gasteiger partial charge is 0.203 e. The first kappa shape index (κ1) is 4.90. The molecule has 0 saturated heterocycles. The summed E-state index contributed by atoms with van der Waals surface area (Å²) in [6.07, 6.45) is 2.69. The largest absolute Gasteiger partial charge is 0.619 e. The van der Waals surface area contributed by atoms with Crippen LogP contribution in [0.4, 0.5) is 5.69 Å². The van der Waals surface area contributed by atoms with Gasteiger partial charge in [0.15, 0.2) is 6.20 Å². The summed E-state index contributed by atoms with van der Waals surface area (Å²) in [7, 11) is 0. The van der Waals surface area contributed by atoms with E-state index in [1.165, 1.54) is 12.4 Å². The zero-order valence-corrected chi connectivity index (χ0v) is 4.24. The van der Waals surface area contributed by atoms with Gasteiger partial charge in [-0.3, -0.25) is 0 Å². The van der Waals surface area contributed by atoms with Crippen molar-refractivity contribution in [3.05, 3.63) is 29.7 Å². The Bertz CT molecular complexity index is 170. The van der Waals surface area contributed by atoms with Gasteiger partial charge in [-0.1, -0.05) is 0 Å². The van der Waals surface area contributed by atoms with Crippen molar-refractivity contribution in [2.45, 2.75) is 0 Å². The highest BCUT2D eigenvalue weighted by Crippen LogP contribution is 1.90. The van der Waals surface area contributed by atoms with Crippen LogP contribution in [-0.4, -0.2) is 0 Å². The molecule has 1 aromatic heterocycles. The molecule has 1 rings (SSSR count). The van der Waals surface area contributed by atoms with E-state index in [9.17, 15) is 5.21 Å². The summed E-state index contributed by atoms with van der Waals surface area (Å²) >= 11 is 0. The highest BCUT2D eigenvalue weighted by Gasteiger charge is 1.85. The normalized spacial score (nSPS) is 9.00. The molecule has 1 heterocycles. The van der Waals surface area contributed by atoms with Crippen molar-refractivity contribution in [1.29, 1.82) is 0 Å². The van der Waals surface area contributed by atoms with Crippen molar-refractivity contribution in [3.63, 3.8) is 0 Å². The van der Waals surface area contributed by atoms with Gasteiger partial charge in [-0.2, -0.15) is 4.73 Å². The average molecular weight is 110 g/mol. The van der Waals surface area contributed by atoms with Gasteiger partial charge in [-0.05, 0) is 6.07 Å². The summed E-state index contributed by atoms with van der Waals surface area (Å²) in [6, 6.07) is 3.26. The molecule has 42 valence electrons. The topological polar surface area (TPSA) is 53.0 Å². The molecule has 0 aromatic carbocycles. The van der Waals surface area contributed by atoms with Crippen LogP contribution in [0.15, 0.2) is 24.5 Å². The van der Waals surface area contributed by atoms with Crippen LogP contribution in [0, 0.1) is 5.21 Å². The molecule has 2 N–H and O–H groups in total. The molecule has 0 fully saturated rings. The fourth-order valence-electron chi connectivity index (χ4n) is 0.472. The minimum atomic E-state index is 0.488. The summed E-state index contributed by atoms with van der Waals surface area (Å²) < 4.78 is 0.662. The fraction of sp³-hybridized carbons (Fsp3) is 0. The molecule has 0 aliphatic carbocycles. The molecular formula is C5H6N2O. The number of nitrogens with two attached hydrogens (primary N) is 1. The standard InChI is InChI=1S/C5H6N2O/c6-5-2-1-3-7(8)4-5/h1-4H,6H2. The summed E-state index contributed by atoms with van der Waals surface area (Å²) in [6.45, 7) is 0. The Morgan fingerprint density at radius 2 is 2.38 bits per heavy atom. The second-order valence-electron chi connectivity index (χ2n) is 1.50. The van der Waals surface area contributed by atoms with Crippen molar-refractivity contribution >= 4 is 5.69 Å². The Morgan fingerprint density at radius 3 is 2.75 bits per heavy atom. The lowest BCUT2D eigenvalue weighted by atomic mass is 10.4. The second kappa shape index (κ2) is 1.69. The van der Waals surface area contributed by atoms with Gasteiger partial charge in [0.2, 0.25) is 6.20 Å². The summed E-state index contributed by atoms with van der Waals surface area (Å²) in [4.78, 5) is 0. The molecule has 3 nitrogen and oxygen atoms in total. The van der Waals surface area contributed by atoms with Crippen LogP contribution in [0.3, 0.4) is 0 Å². The number of hydrogen-bond donors (Lipinski definition) is 1. The Morgan fingerprint density at radius 1 is 1.62 bits per heavy atom. The highest BCUT2D eigenvalue weighted by atomic mass is 16.5. The van der Waals surface area contributed by atoms with E-state index >= 15 is 0 Å². The molecule has 0 bridgehead atoms. The van der Waals surface area contributed by atoms with Gasteiger partial charge in [-0.25, -0.2) is 0 Å². The number of aromatic nitrogens is 1. The van der Waals surface area contributed by atoms with Gasteiger partial charge >= 0.3 is 0 Å². The number of nitrogens with zero attached hydrogens (tertiary/aromatic N) is 1. The molecule has 0 atom stereocenters. The average Bonchev–Trinajstić information content (AvgIpc) is 1.64. The van der Waals surface area contributed by atoms with E-state index in [4.69, 9.17) is 5.73 Å². The molecule has 0 spiro atoms. The molecule has 0 saturated carbocycles. The molecule has 1 aromatic rings. The van der Waals surface area contributed by atoms with E-state index in [0.717, 1.165) is 0 Å². The molecule has 0 aliphatic rings. The lowest BCUT2D eigenvalue weighted by Gasteiger charge is -1.92. The first-order valence-corrected chi connectivity index (χ1v) is 2.23. The van der Waals surface area contributed by atoms with Gasteiger partial charge in [0.1, 0.15) is 0 Å². The van der Waals surface area contributed by atoms with E-state index in [2.05, 4.69) is 0 Å². The maximum absolute atomic E-state index is 10.3. The zero-order valence-electron chi connectivity index (χ0n) is 4.24. The fourth-order valence-corrected chi connectivity index (χ4v) is 0.472. The van der Waals surface area contributed by atoms with Crippen LogP contribution in [0.1, 0.15) is 0 Å². The van der Waals surface area contributed by atoms with E-state index in [1.54, 1.807) is 12.1 Å². The minimum Gasteiger partial charge on any atom is -0.619 e. The number of hydrogen-bond acceptors (Lipinski definition) is 2. The molecule has 0 radical (unpaired) electrons. The van der Waals surface area contributed by atoms with Gasteiger partial charge in [0, 0.05) is 6.07 Å². The van der Waals surface area contributed by atoms with E-state index < -0.39 is 0 Å². The third-order valence-electron chi connectivity index (χ3n) is 0.798. The second-order valence-corrected chi connectivity index (χ2v) is 1.50. The molecule has 0 amide bonds. The molecular weight excluding hydrogens is 104 g/mol. The summed E-state index contributed by atoms with van der Waals surface area (Å²) in [5.41, 5.74) is 5.73. The van der Waals surface area contributed by atoms with Gasteiger partial charge in [0.25, 0.3) is 0 Å². The van der Waals surface area contributed by atoms with Crippen molar-refractivity contribution in [1.82, 2.24) is 0 Å². The third kappa shape index (κ3) is 0.872. The summed E-state index contributed by atoms with van der Waals surface area (Å²) in [5.74, 6) is 0. The first-order chi connectivity index (χ1) is 3.79. The van der Waals surface area contributed by atoms with Crippen molar-refractivity contribution in [2.24, 2.45) is 0 Å². The first-order valence-electron chi connectivity index (χ1n) is 2.23. The van der Waals surface area contributed by atoms with Crippen molar-refractivity contribution in [2.75, 3.05) is 5.73 Å². The predicted molar refractivity (Wildman–Crippen MR) is 29.8 cm³/mol. The molecule has 8 heavy (non-hydrogen) atoms. The number of anilines is 1. The monoisotopic (exact) mass is 110 g/mol. The van der Waals surface area contributed by atoms with Gasteiger partial charge in [-0.15, -0.1) is 0 Å². The van der Waals surface area contributed by atoms with Crippen molar-refractivity contribution in [3.8, 4) is 0 Å². The Balaban J connectivity index is 3.08. The Labute approximate surface area is 46.9 Å². The Kier molecular flexibility index (Phi) is 1.04. The number of pyridine rings is 1. The predicted octanol–water partition coefficient (Wildman–Crippen LogP) is -0.0978. The van der Waals surface area contributed by atoms with E-state index in [1.807, 2.05) is 0 Å². The highest BCUT2D eigenvalue weighted by molar-refractivity contribution is 5.30. The SMILES string of the molecule is Nc1ccc[n+]([O-])c1. The maximum atomic E-state index is 10.3. The van der Waals surface area contributed by atoms with Crippen LogP contribution in [0.2, 0.25) is 0 Å².